The third kappa shape index (κ3) is 4.07. The highest BCUT2D eigenvalue weighted by Crippen LogP contribution is 2.24. The SMILES string of the molecule is CC(C)c1ccc(C(C)N2CCN(C(=O)c3ccc(O)cc3)CC2)cc1. The lowest BCUT2D eigenvalue weighted by atomic mass is 9.99. The second-order valence-electron chi connectivity index (χ2n) is 7.37. The molecule has 0 aliphatic carbocycles. The first-order valence-corrected chi connectivity index (χ1v) is 9.38. The van der Waals surface area contributed by atoms with Crippen LogP contribution in [0, 0.1) is 0 Å². The third-order valence-electron chi connectivity index (χ3n) is 5.35. The van der Waals surface area contributed by atoms with Crippen LogP contribution in [0.4, 0.5) is 0 Å². The number of phenolic OH excluding ortho intramolecular Hbond substituents is 1. The van der Waals surface area contributed by atoms with Crippen molar-refractivity contribution < 1.29 is 9.90 Å². The molecule has 0 saturated carbocycles. The quantitative estimate of drug-likeness (QED) is 0.903. The highest BCUT2D eigenvalue weighted by molar-refractivity contribution is 5.94. The van der Waals surface area contributed by atoms with Crippen molar-refractivity contribution in [2.45, 2.75) is 32.7 Å². The number of piperazine rings is 1. The van der Waals surface area contributed by atoms with Crippen molar-refractivity contribution in [3.63, 3.8) is 0 Å². The Hall–Kier alpha value is -2.33. The zero-order valence-corrected chi connectivity index (χ0v) is 15.9. The van der Waals surface area contributed by atoms with E-state index in [1.807, 2.05) is 4.90 Å². The van der Waals surface area contributed by atoms with Crippen LogP contribution in [0.15, 0.2) is 48.5 Å². The second kappa shape index (κ2) is 7.92. The first-order chi connectivity index (χ1) is 12.5. The number of aromatic hydroxyl groups is 1. The lowest BCUT2D eigenvalue weighted by Crippen LogP contribution is -2.49. The van der Waals surface area contributed by atoms with Crippen LogP contribution >= 0.6 is 0 Å². The maximum Gasteiger partial charge on any atom is 0.253 e. The number of hydrogen-bond acceptors (Lipinski definition) is 3. The molecule has 1 heterocycles. The lowest BCUT2D eigenvalue weighted by molar-refractivity contribution is 0.0582. The molecule has 1 atom stereocenters. The Bertz CT molecular complexity index is 730. The number of carbonyl (C=O) groups excluding carboxylic acids is 1. The van der Waals surface area contributed by atoms with Gasteiger partial charge in [-0.2, -0.15) is 0 Å². The Morgan fingerprint density at radius 1 is 0.846 bits per heavy atom. The van der Waals surface area contributed by atoms with Crippen molar-refractivity contribution >= 4 is 5.91 Å². The minimum atomic E-state index is 0.0404. The Balaban J connectivity index is 1.59. The number of amides is 1. The molecular weight excluding hydrogens is 324 g/mol. The van der Waals surface area contributed by atoms with Crippen LogP contribution < -0.4 is 0 Å². The number of carbonyl (C=O) groups is 1. The van der Waals surface area contributed by atoms with E-state index in [1.165, 1.54) is 11.1 Å². The fraction of sp³-hybridized carbons (Fsp3) is 0.409. The standard InChI is InChI=1S/C22H28N2O2/c1-16(2)18-4-6-19(7-5-18)17(3)23-12-14-24(15-13-23)22(26)20-8-10-21(25)11-9-20/h4-11,16-17,25H,12-15H2,1-3H3. The Morgan fingerprint density at radius 3 is 1.92 bits per heavy atom. The van der Waals surface area contributed by atoms with Crippen molar-refractivity contribution in [2.75, 3.05) is 26.2 Å². The number of hydrogen-bond donors (Lipinski definition) is 1. The van der Waals surface area contributed by atoms with E-state index in [-0.39, 0.29) is 11.7 Å². The van der Waals surface area contributed by atoms with Gasteiger partial charge in [-0.3, -0.25) is 9.69 Å². The molecule has 1 fully saturated rings. The van der Waals surface area contributed by atoms with Gasteiger partial charge in [-0.05, 0) is 48.2 Å². The zero-order chi connectivity index (χ0) is 18.7. The van der Waals surface area contributed by atoms with E-state index >= 15 is 0 Å². The highest BCUT2D eigenvalue weighted by atomic mass is 16.3. The molecule has 26 heavy (non-hydrogen) atoms. The maximum atomic E-state index is 12.6. The lowest BCUT2D eigenvalue weighted by Gasteiger charge is -2.38. The minimum Gasteiger partial charge on any atom is -0.508 e. The first kappa shape index (κ1) is 18.5. The summed E-state index contributed by atoms with van der Waals surface area (Å²) in [6.45, 7) is 9.86. The number of phenols is 1. The summed E-state index contributed by atoms with van der Waals surface area (Å²) in [5, 5.41) is 9.37. The van der Waals surface area contributed by atoms with Crippen molar-refractivity contribution in [3.05, 3.63) is 65.2 Å². The van der Waals surface area contributed by atoms with E-state index in [9.17, 15) is 9.90 Å². The summed E-state index contributed by atoms with van der Waals surface area (Å²) in [7, 11) is 0. The van der Waals surface area contributed by atoms with Gasteiger partial charge in [0.25, 0.3) is 5.91 Å². The van der Waals surface area contributed by atoms with Gasteiger partial charge in [0.05, 0.1) is 0 Å². The van der Waals surface area contributed by atoms with E-state index in [1.54, 1.807) is 24.3 Å². The Kier molecular flexibility index (Phi) is 5.62. The highest BCUT2D eigenvalue weighted by Gasteiger charge is 2.25. The van der Waals surface area contributed by atoms with Gasteiger partial charge >= 0.3 is 0 Å². The number of benzene rings is 2. The van der Waals surface area contributed by atoms with Gasteiger partial charge in [0.15, 0.2) is 0 Å². The predicted octanol–water partition coefficient (Wildman–Crippen LogP) is 4.03. The van der Waals surface area contributed by atoms with Crippen LogP contribution in [-0.4, -0.2) is 47.0 Å². The van der Waals surface area contributed by atoms with Crippen LogP contribution in [0.2, 0.25) is 0 Å². The molecule has 3 rings (SSSR count). The number of nitrogens with zero attached hydrogens (tertiary/aromatic N) is 2. The van der Waals surface area contributed by atoms with Gasteiger partial charge < -0.3 is 10.0 Å². The van der Waals surface area contributed by atoms with Crippen LogP contribution in [0.25, 0.3) is 0 Å². The molecule has 4 nitrogen and oxygen atoms in total. The summed E-state index contributed by atoms with van der Waals surface area (Å²) >= 11 is 0. The van der Waals surface area contributed by atoms with Crippen molar-refractivity contribution in [3.8, 4) is 5.75 Å². The molecule has 1 saturated heterocycles. The summed E-state index contributed by atoms with van der Waals surface area (Å²) in [5.74, 6) is 0.774. The molecule has 1 aliphatic rings. The molecule has 0 radical (unpaired) electrons. The van der Waals surface area contributed by atoms with E-state index in [0.29, 0.717) is 17.5 Å². The molecule has 1 unspecified atom stereocenters. The fourth-order valence-corrected chi connectivity index (χ4v) is 3.47. The van der Waals surface area contributed by atoms with Crippen LogP contribution in [0.1, 0.15) is 54.2 Å². The molecule has 1 aliphatic heterocycles. The first-order valence-electron chi connectivity index (χ1n) is 9.38. The van der Waals surface area contributed by atoms with Gasteiger partial charge in [-0.15, -0.1) is 0 Å². The molecule has 0 spiro atoms. The van der Waals surface area contributed by atoms with Gasteiger partial charge in [-0.25, -0.2) is 0 Å². The van der Waals surface area contributed by atoms with Gasteiger partial charge in [-0.1, -0.05) is 38.1 Å². The molecule has 0 aromatic heterocycles. The summed E-state index contributed by atoms with van der Waals surface area (Å²) in [5.41, 5.74) is 3.33. The van der Waals surface area contributed by atoms with Crippen LogP contribution in [0.5, 0.6) is 5.75 Å². The second-order valence-corrected chi connectivity index (χ2v) is 7.37. The molecule has 1 amide bonds. The monoisotopic (exact) mass is 352 g/mol. The van der Waals surface area contributed by atoms with Crippen molar-refractivity contribution in [1.29, 1.82) is 0 Å². The Morgan fingerprint density at radius 2 is 1.38 bits per heavy atom. The average molecular weight is 352 g/mol. The third-order valence-corrected chi connectivity index (χ3v) is 5.35. The molecule has 2 aromatic rings. The van der Waals surface area contributed by atoms with Crippen molar-refractivity contribution in [2.24, 2.45) is 0 Å². The maximum absolute atomic E-state index is 12.6. The van der Waals surface area contributed by atoms with Crippen LogP contribution in [0.3, 0.4) is 0 Å². The van der Waals surface area contributed by atoms with Gasteiger partial charge in [0.2, 0.25) is 0 Å². The van der Waals surface area contributed by atoms with E-state index in [2.05, 4.69) is 49.9 Å². The largest absolute Gasteiger partial charge is 0.508 e. The van der Waals surface area contributed by atoms with Gasteiger partial charge in [0, 0.05) is 37.8 Å². The van der Waals surface area contributed by atoms with Crippen molar-refractivity contribution in [1.82, 2.24) is 9.80 Å². The Labute approximate surface area is 156 Å². The van der Waals surface area contributed by atoms with E-state index in [4.69, 9.17) is 0 Å². The molecular formula is C22H28N2O2. The summed E-state index contributed by atoms with van der Waals surface area (Å²) < 4.78 is 0. The summed E-state index contributed by atoms with van der Waals surface area (Å²) in [4.78, 5) is 16.9. The molecule has 138 valence electrons. The average Bonchev–Trinajstić information content (AvgIpc) is 2.67. The minimum absolute atomic E-state index is 0.0404. The molecule has 0 bridgehead atoms. The van der Waals surface area contributed by atoms with E-state index < -0.39 is 0 Å². The van der Waals surface area contributed by atoms with Gasteiger partial charge in [0.1, 0.15) is 5.75 Å². The normalized spacial score (nSPS) is 16.7. The zero-order valence-electron chi connectivity index (χ0n) is 15.9. The molecule has 1 N–H and O–H groups in total. The smallest absolute Gasteiger partial charge is 0.253 e. The summed E-state index contributed by atoms with van der Waals surface area (Å²) in [6, 6.07) is 15.7. The topological polar surface area (TPSA) is 43.8 Å². The summed E-state index contributed by atoms with van der Waals surface area (Å²) in [6.07, 6.45) is 0. The van der Waals surface area contributed by atoms with Crippen LogP contribution in [-0.2, 0) is 0 Å². The predicted molar refractivity (Wildman–Crippen MR) is 105 cm³/mol. The van der Waals surface area contributed by atoms with E-state index in [0.717, 1.165) is 26.2 Å². The number of rotatable bonds is 4. The molecule has 2 aromatic carbocycles. The fourth-order valence-electron chi connectivity index (χ4n) is 3.47. The molecule has 4 heteroatoms.